The lowest BCUT2D eigenvalue weighted by Gasteiger charge is -2.28. The Kier molecular flexibility index (Phi) is 6.41. The van der Waals surface area contributed by atoms with Gasteiger partial charge in [-0.3, -0.25) is 4.79 Å². The Bertz CT molecular complexity index is 824. The Morgan fingerprint density at radius 3 is 2.54 bits per heavy atom. The molecule has 1 unspecified atom stereocenters. The van der Waals surface area contributed by atoms with E-state index >= 15 is 0 Å². The van der Waals surface area contributed by atoms with E-state index < -0.39 is 0 Å². The summed E-state index contributed by atoms with van der Waals surface area (Å²) in [5.41, 5.74) is 1.78. The van der Waals surface area contributed by atoms with Crippen LogP contribution in [0.1, 0.15) is 31.4 Å². The average Bonchev–Trinajstić information content (AvgIpc) is 3.22. The number of ether oxygens (including phenoxy) is 3. The largest absolute Gasteiger partial charge is 0.497 e. The number of amides is 1. The first-order valence-electron chi connectivity index (χ1n) is 9.60. The van der Waals surface area contributed by atoms with E-state index in [2.05, 4.69) is 5.32 Å². The fourth-order valence-corrected chi connectivity index (χ4v) is 4.01. The maximum atomic E-state index is 13.0. The molecule has 1 saturated heterocycles. The van der Waals surface area contributed by atoms with Crippen LogP contribution in [0.3, 0.4) is 0 Å². The zero-order valence-electron chi connectivity index (χ0n) is 17.0. The molecule has 0 radical (unpaired) electrons. The summed E-state index contributed by atoms with van der Waals surface area (Å²) in [7, 11) is 4.94. The fraction of sp³-hybridized carbons (Fsp3) is 0.409. The maximum Gasteiger partial charge on any atom is 0.282 e. The normalized spacial score (nSPS) is 19.7. The van der Waals surface area contributed by atoms with E-state index in [1.807, 2.05) is 49.4 Å². The van der Waals surface area contributed by atoms with Crippen LogP contribution in [-0.2, 0) is 4.79 Å². The van der Waals surface area contributed by atoms with E-state index in [1.165, 1.54) is 4.90 Å². The summed E-state index contributed by atoms with van der Waals surface area (Å²) < 4.78 is 16.3. The number of rotatable bonds is 7. The highest BCUT2D eigenvalue weighted by molar-refractivity contribution is 5.95. The smallest absolute Gasteiger partial charge is 0.282 e. The molecule has 0 bridgehead atoms. The lowest BCUT2D eigenvalue weighted by Crippen LogP contribution is -3.15. The van der Waals surface area contributed by atoms with E-state index in [9.17, 15) is 4.79 Å². The summed E-state index contributed by atoms with van der Waals surface area (Å²) in [5.74, 6) is 2.27. The molecule has 1 heterocycles. The second-order valence-electron chi connectivity index (χ2n) is 7.04. The summed E-state index contributed by atoms with van der Waals surface area (Å²) >= 11 is 0. The van der Waals surface area contributed by atoms with E-state index in [0.29, 0.717) is 11.4 Å². The van der Waals surface area contributed by atoms with Crippen molar-refractivity contribution in [3.8, 4) is 17.2 Å². The number of carbonyl (C=O) groups excluding carboxylic acids is 1. The number of carbonyl (C=O) groups is 1. The van der Waals surface area contributed by atoms with Crippen molar-refractivity contribution in [2.45, 2.75) is 31.8 Å². The number of benzene rings is 2. The number of hydrogen-bond donors (Lipinski definition) is 2. The standard InChI is InChI=1S/C22H28N2O4/c1-15(22(25)23-18-8-5-6-10-21(18)28-4)24-13-7-9-19(24)17-14-16(26-2)11-12-20(17)27-3/h5-6,8,10-12,14-15,19H,7,9,13H2,1-4H3,(H,23,25)/p+1/t15-,19+/m0/s1. The SMILES string of the molecule is COc1ccc(OC)c([C@H]2CCC[NH+]2[C@@H](C)C(=O)Nc2ccccc2OC)c1. The number of methoxy groups -OCH3 is 3. The number of anilines is 1. The van der Waals surface area contributed by atoms with Gasteiger partial charge in [-0.15, -0.1) is 0 Å². The van der Waals surface area contributed by atoms with Crippen molar-refractivity contribution >= 4 is 11.6 Å². The zero-order chi connectivity index (χ0) is 20.1. The highest BCUT2D eigenvalue weighted by Gasteiger charge is 2.38. The lowest BCUT2D eigenvalue weighted by atomic mass is 10.0. The topological polar surface area (TPSA) is 61.2 Å². The van der Waals surface area contributed by atoms with Gasteiger partial charge < -0.3 is 24.4 Å². The highest BCUT2D eigenvalue weighted by atomic mass is 16.5. The van der Waals surface area contributed by atoms with Crippen molar-refractivity contribution in [1.82, 2.24) is 0 Å². The van der Waals surface area contributed by atoms with Crippen LogP contribution in [0.25, 0.3) is 0 Å². The zero-order valence-corrected chi connectivity index (χ0v) is 17.0. The number of hydrogen-bond acceptors (Lipinski definition) is 4. The lowest BCUT2D eigenvalue weighted by molar-refractivity contribution is -0.932. The Hall–Kier alpha value is -2.73. The maximum absolute atomic E-state index is 13.0. The Labute approximate surface area is 166 Å². The van der Waals surface area contributed by atoms with Crippen LogP contribution in [0.4, 0.5) is 5.69 Å². The van der Waals surface area contributed by atoms with Crippen molar-refractivity contribution in [1.29, 1.82) is 0 Å². The molecule has 0 aromatic heterocycles. The first-order valence-corrected chi connectivity index (χ1v) is 9.60. The van der Waals surface area contributed by atoms with Crippen LogP contribution in [0, 0.1) is 0 Å². The molecule has 6 nitrogen and oxygen atoms in total. The van der Waals surface area contributed by atoms with Gasteiger partial charge in [0, 0.05) is 12.8 Å². The van der Waals surface area contributed by atoms with Gasteiger partial charge in [-0.1, -0.05) is 12.1 Å². The van der Waals surface area contributed by atoms with Crippen LogP contribution in [-0.4, -0.2) is 39.8 Å². The third-order valence-electron chi connectivity index (χ3n) is 5.53. The molecule has 0 aliphatic carbocycles. The minimum absolute atomic E-state index is 0.0201. The third-order valence-corrected chi connectivity index (χ3v) is 5.53. The quantitative estimate of drug-likeness (QED) is 0.769. The second kappa shape index (κ2) is 8.97. The van der Waals surface area contributed by atoms with Crippen molar-refractivity contribution in [3.05, 3.63) is 48.0 Å². The molecule has 2 aromatic carbocycles. The second-order valence-corrected chi connectivity index (χ2v) is 7.04. The first kappa shape index (κ1) is 20.0. The molecule has 0 spiro atoms. The molecule has 150 valence electrons. The number of para-hydroxylation sites is 2. The molecule has 0 saturated carbocycles. The van der Waals surface area contributed by atoms with Gasteiger partial charge in [0.2, 0.25) is 0 Å². The summed E-state index contributed by atoms with van der Waals surface area (Å²) in [4.78, 5) is 14.2. The molecule has 3 rings (SSSR count). The molecule has 6 heteroatoms. The van der Waals surface area contributed by atoms with Crippen molar-refractivity contribution in [2.24, 2.45) is 0 Å². The van der Waals surface area contributed by atoms with E-state index in [0.717, 1.165) is 36.4 Å². The molecule has 1 aliphatic rings. The van der Waals surface area contributed by atoms with Crippen LogP contribution in [0.5, 0.6) is 17.2 Å². The molecular formula is C22H29N2O4+. The molecular weight excluding hydrogens is 356 g/mol. The third kappa shape index (κ3) is 4.07. The van der Waals surface area contributed by atoms with Gasteiger partial charge in [-0.2, -0.15) is 0 Å². The van der Waals surface area contributed by atoms with Crippen molar-refractivity contribution < 1.29 is 23.9 Å². The van der Waals surface area contributed by atoms with Gasteiger partial charge in [0.25, 0.3) is 5.91 Å². The summed E-state index contributed by atoms with van der Waals surface area (Å²) in [6.07, 6.45) is 2.07. The van der Waals surface area contributed by atoms with Crippen LogP contribution >= 0.6 is 0 Å². The van der Waals surface area contributed by atoms with Gasteiger partial charge in [-0.05, 0) is 37.3 Å². The Balaban J connectivity index is 1.81. The number of likely N-dealkylation sites (tertiary alicyclic amines) is 1. The number of quaternary nitrogens is 1. The molecule has 1 amide bonds. The first-order chi connectivity index (χ1) is 13.6. The molecule has 1 fully saturated rings. The summed E-state index contributed by atoms with van der Waals surface area (Å²) in [6.45, 7) is 2.91. The summed E-state index contributed by atoms with van der Waals surface area (Å²) in [6, 6.07) is 13.3. The predicted octanol–water partition coefficient (Wildman–Crippen LogP) is 2.46. The molecule has 28 heavy (non-hydrogen) atoms. The molecule has 2 aromatic rings. The average molecular weight is 385 g/mol. The Morgan fingerprint density at radius 2 is 1.82 bits per heavy atom. The van der Waals surface area contributed by atoms with Crippen molar-refractivity contribution in [3.63, 3.8) is 0 Å². The van der Waals surface area contributed by atoms with Gasteiger partial charge in [0.15, 0.2) is 6.04 Å². The van der Waals surface area contributed by atoms with Gasteiger partial charge in [0.05, 0.1) is 39.1 Å². The van der Waals surface area contributed by atoms with E-state index in [-0.39, 0.29) is 18.0 Å². The number of nitrogens with one attached hydrogen (secondary N) is 2. The van der Waals surface area contributed by atoms with Gasteiger partial charge >= 0.3 is 0 Å². The Morgan fingerprint density at radius 1 is 1.07 bits per heavy atom. The van der Waals surface area contributed by atoms with Crippen LogP contribution < -0.4 is 24.4 Å². The van der Waals surface area contributed by atoms with Crippen molar-refractivity contribution in [2.75, 3.05) is 33.2 Å². The minimum atomic E-state index is -0.215. The minimum Gasteiger partial charge on any atom is -0.497 e. The molecule has 3 atom stereocenters. The molecule has 1 aliphatic heterocycles. The predicted molar refractivity (Wildman–Crippen MR) is 108 cm³/mol. The fourth-order valence-electron chi connectivity index (χ4n) is 4.01. The van der Waals surface area contributed by atoms with Crippen LogP contribution in [0.15, 0.2) is 42.5 Å². The van der Waals surface area contributed by atoms with E-state index in [1.54, 1.807) is 21.3 Å². The monoisotopic (exact) mass is 385 g/mol. The summed E-state index contributed by atoms with van der Waals surface area (Å²) in [5, 5.41) is 3.02. The van der Waals surface area contributed by atoms with Gasteiger partial charge in [0.1, 0.15) is 23.3 Å². The van der Waals surface area contributed by atoms with E-state index in [4.69, 9.17) is 14.2 Å². The molecule has 2 N–H and O–H groups in total. The van der Waals surface area contributed by atoms with Crippen LogP contribution in [0.2, 0.25) is 0 Å². The van der Waals surface area contributed by atoms with Gasteiger partial charge in [-0.25, -0.2) is 0 Å². The highest BCUT2D eigenvalue weighted by Crippen LogP contribution is 2.32.